The van der Waals surface area contributed by atoms with Crippen LogP contribution in [0.5, 0.6) is 0 Å². The zero-order valence-corrected chi connectivity index (χ0v) is 11.7. The number of carboxylic acid groups (broad SMARTS) is 1. The maximum Gasteiger partial charge on any atom is 0.416 e. The Balaban J connectivity index is 2.12. The molecule has 1 aliphatic rings. The van der Waals surface area contributed by atoms with Crippen LogP contribution in [0.4, 0.5) is 18.9 Å². The molecule has 2 atom stereocenters. The van der Waals surface area contributed by atoms with Crippen molar-refractivity contribution < 1.29 is 27.9 Å². The lowest BCUT2D eigenvalue weighted by Gasteiger charge is -2.27. The first-order valence-electron chi connectivity index (χ1n) is 7.00. The summed E-state index contributed by atoms with van der Waals surface area (Å²) < 4.78 is 37.9. The van der Waals surface area contributed by atoms with Crippen LogP contribution in [0.15, 0.2) is 24.3 Å². The van der Waals surface area contributed by atoms with Crippen LogP contribution < -0.4 is 5.32 Å². The van der Waals surface area contributed by atoms with E-state index in [1.165, 1.54) is 12.1 Å². The molecule has 0 heterocycles. The van der Waals surface area contributed by atoms with Crippen molar-refractivity contribution in [3.05, 3.63) is 29.8 Å². The molecule has 22 heavy (non-hydrogen) atoms. The van der Waals surface area contributed by atoms with E-state index in [1.54, 1.807) is 0 Å². The summed E-state index contributed by atoms with van der Waals surface area (Å²) in [7, 11) is 0. The number of anilines is 1. The van der Waals surface area contributed by atoms with Gasteiger partial charge in [0.05, 0.1) is 17.4 Å². The Bertz CT molecular complexity index is 571. The van der Waals surface area contributed by atoms with Crippen LogP contribution in [-0.4, -0.2) is 17.0 Å². The topological polar surface area (TPSA) is 66.4 Å². The monoisotopic (exact) mass is 315 g/mol. The minimum absolute atomic E-state index is 0.0227. The zero-order chi connectivity index (χ0) is 16.3. The first-order chi connectivity index (χ1) is 10.3. The number of rotatable bonds is 3. The summed E-state index contributed by atoms with van der Waals surface area (Å²) in [6.45, 7) is 0. The van der Waals surface area contributed by atoms with Crippen molar-refractivity contribution in [2.45, 2.75) is 31.9 Å². The van der Waals surface area contributed by atoms with Gasteiger partial charge in [-0.1, -0.05) is 18.9 Å². The fourth-order valence-corrected chi connectivity index (χ4v) is 2.75. The van der Waals surface area contributed by atoms with Gasteiger partial charge in [0.25, 0.3) is 0 Å². The number of carbonyl (C=O) groups is 2. The van der Waals surface area contributed by atoms with Gasteiger partial charge in [0.15, 0.2) is 0 Å². The van der Waals surface area contributed by atoms with E-state index >= 15 is 0 Å². The molecule has 0 saturated heterocycles. The highest BCUT2D eigenvalue weighted by molar-refractivity contribution is 5.95. The standard InChI is InChI=1S/C15H16F3NO3/c16-15(17,18)9-4-3-5-10(8-9)19-13(20)11-6-1-2-7-12(11)14(21)22/h3-5,8,11-12H,1-2,6-7H2,(H,19,20)(H,21,22)/t11-,12+/m0/s1. The maximum atomic E-state index is 12.6. The Hall–Kier alpha value is -2.05. The van der Waals surface area contributed by atoms with Crippen molar-refractivity contribution in [3.63, 3.8) is 0 Å². The molecule has 0 radical (unpaired) electrons. The lowest BCUT2D eigenvalue weighted by molar-refractivity contribution is -0.147. The molecular weight excluding hydrogens is 299 g/mol. The molecule has 4 nitrogen and oxygen atoms in total. The van der Waals surface area contributed by atoms with E-state index in [9.17, 15) is 22.8 Å². The second-order valence-corrected chi connectivity index (χ2v) is 5.40. The third kappa shape index (κ3) is 3.78. The van der Waals surface area contributed by atoms with Crippen molar-refractivity contribution in [1.82, 2.24) is 0 Å². The largest absolute Gasteiger partial charge is 0.481 e. The molecule has 1 aromatic rings. The number of hydrogen-bond donors (Lipinski definition) is 2. The predicted octanol–water partition coefficient (Wildman–Crippen LogP) is 3.53. The lowest BCUT2D eigenvalue weighted by atomic mass is 9.78. The van der Waals surface area contributed by atoms with Gasteiger partial charge < -0.3 is 10.4 Å². The average Bonchev–Trinajstić information content (AvgIpc) is 2.46. The van der Waals surface area contributed by atoms with Crippen molar-refractivity contribution in [2.75, 3.05) is 5.32 Å². The molecule has 0 unspecified atom stereocenters. The van der Waals surface area contributed by atoms with Crippen LogP contribution in [0.3, 0.4) is 0 Å². The number of halogens is 3. The maximum absolute atomic E-state index is 12.6. The van der Waals surface area contributed by atoms with Crippen LogP contribution in [-0.2, 0) is 15.8 Å². The Kier molecular flexibility index (Phi) is 4.73. The normalized spacial score (nSPS) is 22.1. The van der Waals surface area contributed by atoms with E-state index in [-0.39, 0.29) is 5.69 Å². The van der Waals surface area contributed by atoms with Gasteiger partial charge in [0, 0.05) is 5.69 Å². The Morgan fingerprint density at radius 1 is 1.14 bits per heavy atom. The number of nitrogens with one attached hydrogen (secondary N) is 1. The van der Waals surface area contributed by atoms with Gasteiger partial charge in [0.2, 0.25) is 5.91 Å². The molecule has 1 amide bonds. The summed E-state index contributed by atoms with van der Waals surface area (Å²) in [6.07, 6.45) is -2.16. The highest BCUT2D eigenvalue weighted by atomic mass is 19.4. The molecule has 7 heteroatoms. The lowest BCUT2D eigenvalue weighted by Crippen LogP contribution is -2.36. The first kappa shape index (κ1) is 16.3. The number of carbonyl (C=O) groups excluding carboxylic acids is 1. The van der Waals surface area contributed by atoms with E-state index in [1.807, 2.05) is 0 Å². The van der Waals surface area contributed by atoms with Crippen LogP contribution in [0, 0.1) is 11.8 Å². The first-order valence-corrected chi connectivity index (χ1v) is 7.00. The van der Waals surface area contributed by atoms with E-state index in [0.717, 1.165) is 25.0 Å². The third-order valence-electron chi connectivity index (χ3n) is 3.88. The number of aliphatic carboxylic acids is 1. The van der Waals surface area contributed by atoms with Crippen LogP contribution in [0.1, 0.15) is 31.2 Å². The second kappa shape index (κ2) is 6.37. The SMILES string of the molecule is O=C(Nc1cccc(C(F)(F)F)c1)[C@H]1CCCC[C@H]1C(=O)O. The highest BCUT2D eigenvalue weighted by Gasteiger charge is 2.36. The van der Waals surface area contributed by atoms with Gasteiger partial charge in [-0.3, -0.25) is 9.59 Å². The third-order valence-corrected chi connectivity index (χ3v) is 3.88. The second-order valence-electron chi connectivity index (χ2n) is 5.40. The van der Waals surface area contributed by atoms with Crippen molar-refractivity contribution >= 4 is 17.6 Å². The van der Waals surface area contributed by atoms with Gasteiger partial charge in [-0.2, -0.15) is 13.2 Å². The molecule has 0 aliphatic heterocycles. The molecule has 1 fully saturated rings. The molecular formula is C15H16F3NO3. The van der Waals surface area contributed by atoms with Crippen molar-refractivity contribution in [1.29, 1.82) is 0 Å². The van der Waals surface area contributed by atoms with Gasteiger partial charge in [0.1, 0.15) is 0 Å². The predicted molar refractivity (Wildman–Crippen MR) is 73.2 cm³/mol. The summed E-state index contributed by atoms with van der Waals surface area (Å²) in [5.74, 6) is -3.06. The minimum Gasteiger partial charge on any atom is -0.481 e. The zero-order valence-electron chi connectivity index (χ0n) is 11.7. The van der Waals surface area contributed by atoms with Crippen LogP contribution in [0.2, 0.25) is 0 Å². The molecule has 1 aromatic carbocycles. The number of hydrogen-bond acceptors (Lipinski definition) is 2. The summed E-state index contributed by atoms with van der Waals surface area (Å²) in [5.41, 5.74) is -0.835. The van der Waals surface area contributed by atoms with E-state index in [4.69, 9.17) is 5.11 Å². The highest BCUT2D eigenvalue weighted by Crippen LogP contribution is 2.33. The van der Waals surface area contributed by atoms with Crippen molar-refractivity contribution in [3.8, 4) is 0 Å². The van der Waals surface area contributed by atoms with Gasteiger partial charge in [-0.15, -0.1) is 0 Å². The average molecular weight is 315 g/mol. The van der Waals surface area contributed by atoms with E-state index in [0.29, 0.717) is 12.8 Å². The fourth-order valence-electron chi connectivity index (χ4n) is 2.75. The number of carboxylic acids is 1. The van der Waals surface area contributed by atoms with Crippen LogP contribution in [0.25, 0.3) is 0 Å². The summed E-state index contributed by atoms with van der Waals surface area (Å²) in [4.78, 5) is 23.4. The number of alkyl halides is 3. The summed E-state index contributed by atoms with van der Waals surface area (Å²) in [5, 5.41) is 11.6. The molecule has 1 aliphatic carbocycles. The number of benzene rings is 1. The summed E-state index contributed by atoms with van der Waals surface area (Å²) in [6, 6.07) is 4.31. The Morgan fingerprint density at radius 3 is 2.36 bits per heavy atom. The van der Waals surface area contributed by atoms with Gasteiger partial charge in [-0.05, 0) is 31.0 Å². The van der Waals surface area contributed by atoms with Crippen LogP contribution >= 0.6 is 0 Å². The molecule has 0 aromatic heterocycles. The van der Waals surface area contributed by atoms with E-state index < -0.39 is 35.5 Å². The fraction of sp³-hybridized carbons (Fsp3) is 0.467. The Morgan fingerprint density at radius 2 is 1.77 bits per heavy atom. The molecule has 120 valence electrons. The molecule has 2 N–H and O–H groups in total. The molecule has 0 spiro atoms. The van der Waals surface area contributed by atoms with Gasteiger partial charge >= 0.3 is 12.1 Å². The van der Waals surface area contributed by atoms with Crippen molar-refractivity contribution in [2.24, 2.45) is 11.8 Å². The Labute approximate surface area is 125 Å². The minimum atomic E-state index is -4.49. The molecule has 1 saturated carbocycles. The molecule has 2 rings (SSSR count). The van der Waals surface area contributed by atoms with E-state index in [2.05, 4.69) is 5.32 Å². The smallest absolute Gasteiger partial charge is 0.416 e. The number of amides is 1. The molecule has 0 bridgehead atoms. The quantitative estimate of drug-likeness (QED) is 0.896. The van der Waals surface area contributed by atoms with Gasteiger partial charge in [-0.25, -0.2) is 0 Å². The summed E-state index contributed by atoms with van der Waals surface area (Å²) >= 11 is 0.